The topological polar surface area (TPSA) is 48.8 Å². The average molecular weight is 327 g/mol. The third kappa shape index (κ3) is 4.32. The Bertz CT molecular complexity index is 637. The molecule has 128 valence electrons. The van der Waals surface area contributed by atoms with Crippen LogP contribution in [0, 0.1) is 0 Å². The van der Waals surface area contributed by atoms with Crippen molar-refractivity contribution in [3.8, 4) is 5.88 Å². The van der Waals surface area contributed by atoms with Crippen LogP contribution in [-0.4, -0.2) is 53.2 Å². The highest BCUT2D eigenvalue weighted by molar-refractivity contribution is 5.26. The minimum atomic E-state index is 0.112. The molecule has 1 aliphatic rings. The van der Waals surface area contributed by atoms with E-state index in [-0.39, 0.29) is 6.61 Å². The SMILES string of the molecule is COc1ccc(CN2CCN(Cc3ccccc3CO)CC2)cn1. The van der Waals surface area contributed by atoms with Gasteiger partial charge in [-0.25, -0.2) is 4.98 Å². The van der Waals surface area contributed by atoms with Gasteiger partial charge in [0.05, 0.1) is 13.7 Å². The Morgan fingerprint density at radius 3 is 2.21 bits per heavy atom. The number of aromatic nitrogens is 1. The van der Waals surface area contributed by atoms with E-state index in [4.69, 9.17) is 4.74 Å². The van der Waals surface area contributed by atoms with E-state index in [9.17, 15) is 5.11 Å². The fourth-order valence-corrected chi connectivity index (χ4v) is 3.10. The van der Waals surface area contributed by atoms with Crippen LogP contribution in [0.4, 0.5) is 0 Å². The molecular weight excluding hydrogens is 302 g/mol. The Hall–Kier alpha value is -1.95. The van der Waals surface area contributed by atoms with E-state index >= 15 is 0 Å². The standard InChI is InChI=1S/C19H25N3O2/c1-24-19-7-6-16(12-20-19)13-21-8-10-22(11-9-21)14-17-4-2-3-5-18(17)15-23/h2-7,12,23H,8-11,13-15H2,1H3. The molecule has 3 rings (SSSR count). The molecule has 0 amide bonds. The number of ether oxygens (including phenoxy) is 1. The molecule has 1 aromatic heterocycles. The van der Waals surface area contributed by atoms with E-state index in [1.54, 1.807) is 7.11 Å². The van der Waals surface area contributed by atoms with E-state index in [1.165, 1.54) is 11.1 Å². The predicted molar refractivity (Wildman–Crippen MR) is 93.7 cm³/mol. The van der Waals surface area contributed by atoms with Crippen LogP contribution in [0.2, 0.25) is 0 Å². The molecule has 0 unspecified atom stereocenters. The van der Waals surface area contributed by atoms with E-state index in [0.29, 0.717) is 5.88 Å². The molecule has 0 atom stereocenters. The lowest BCUT2D eigenvalue weighted by atomic mass is 10.1. The summed E-state index contributed by atoms with van der Waals surface area (Å²) in [6, 6.07) is 12.1. The smallest absolute Gasteiger partial charge is 0.212 e. The normalized spacial score (nSPS) is 16.2. The quantitative estimate of drug-likeness (QED) is 0.878. The van der Waals surface area contributed by atoms with Crippen molar-refractivity contribution in [1.29, 1.82) is 0 Å². The maximum atomic E-state index is 9.45. The first kappa shape index (κ1) is 16.9. The van der Waals surface area contributed by atoms with Gasteiger partial charge in [0.1, 0.15) is 0 Å². The molecule has 0 aliphatic carbocycles. The molecule has 1 aromatic carbocycles. The summed E-state index contributed by atoms with van der Waals surface area (Å²) >= 11 is 0. The first-order valence-electron chi connectivity index (χ1n) is 8.40. The first-order valence-corrected chi connectivity index (χ1v) is 8.40. The average Bonchev–Trinajstić information content (AvgIpc) is 2.64. The van der Waals surface area contributed by atoms with E-state index in [2.05, 4.69) is 26.9 Å². The minimum Gasteiger partial charge on any atom is -0.481 e. The van der Waals surface area contributed by atoms with Crippen LogP contribution in [0.25, 0.3) is 0 Å². The molecule has 24 heavy (non-hydrogen) atoms. The number of benzene rings is 1. The number of piperazine rings is 1. The van der Waals surface area contributed by atoms with Crippen molar-refractivity contribution in [3.63, 3.8) is 0 Å². The second-order valence-electron chi connectivity index (χ2n) is 6.19. The molecule has 0 spiro atoms. The number of aliphatic hydroxyl groups is 1. The van der Waals surface area contributed by atoms with Gasteiger partial charge in [-0.3, -0.25) is 9.80 Å². The summed E-state index contributed by atoms with van der Waals surface area (Å²) in [5.41, 5.74) is 3.48. The number of pyridine rings is 1. The van der Waals surface area contributed by atoms with Gasteiger partial charge in [0.15, 0.2) is 0 Å². The van der Waals surface area contributed by atoms with E-state index in [0.717, 1.165) is 44.8 Å². The maximum absolute atomic E-state index is 9.45. The molecule has 1 saturated heterocycles. The van der Waals surface area contributed by atoms with Crippen molar-refractivity contribution in [3.05, 3.63) is 59.3 Å². The zero-order chi connectivity index (χ0) is 16.8. The van der Waals surface area contributed by atoms with Crippen LogP contribution in [0.3, 0.4) is 0 Å². The number of rotatable bonds is 6. The van der Waals surface area contributed by atoms with Gasteiger partial charge in [-0.1, -0.05) is 30.3 Å². The number of methoxy groups -OCH3 is 1. The van der Waals surface area contributed by atoms with Crippen molar-refractivity contribution in [2.75, 3.05) is 33.3 Å². The molecule has 0 bridgehead atoms. The lowest BCUT2D eigenvalue weighted by Crippen LogP contribution is -2.45. The molecule has 1 aliphatic heterocycles. The number of hydrogen-bond acceptors (Lipinski definition) is 5. The number of hydrogen-bond donors (Lipinski definition) is 1. The van der Waals surface area contributed by atoms with Crippen LogP contribution >= 0.6 is 0 Å². The summed E-state index contributed by atoms with van der Waals surface area (Å²) in [5, 5.41) is 9.45. The summed E-state index contributed by atoms with van der Waals surface area (Å²) < 4.78 is 5.10. The Morgan fingerprint density at radius 2 is 1.62 bits per heavy atom. The number of aliphatic hydroxyl groups excluding tert-OH is 1. The van der Waals surface area contributed by atoms with Gasteiger partial charge in [-0.05, 0) is 16.7 Å². The Balaban J connectivity index is 1.50. The van der Waals surface area contributed by atoms with Gasteiger partial charge in [-0.15, -0.1) is 0 Å². The molecule has 1 fully saturated rings. The Kier molecular flexibility index (Phi) is 5.80. The zero-order valence-corrected chi connectivity index (χ0v) is 14.2. The van der Waals surface area contributed by atoms with Crippen LogP contribution in [0.15, 0.2) is 42.6 Å². The second kappa shape index (κ2) is 8.24. The van der Waals surface area contributed by atoms with Crippen LogP contribution in [-0.2, 0) is 19.7 Å². The lowest BCUT2D eigenvalue weighted by molar-refractivity contribution is 0.121. The molecule has 0 radical (unpaired) electrons. The highest BCUT2D eigenvalue weighted by atomic mass is 16.5. The highest BCUT2D eigenvalue weighted by Crippen LogP contribution is 2.15. The van der Waals surface area contributed by atoms with Gasteiger partial charge in [0.2, 0.25) is 5.88 Å². The van der Waals surface area contributed by atoms with Crippen LogP contribution in [0.1, 0.15) is 16.7 Å². The fourth-order valence-electron chi connectivity index (χ4n) is 3.10. The number of nitrogens with zero attached hydrogens (tertiary/aromatic N) is 3. The van der Waals surface area contributed by atoms with Crippen LogP contribution in [0.5, 0.6) is 5.88 Å². The predicted octanol–water partition coefficient (Wildman–Crippen LogP) is 1.90. The van der Waals surface area contributed by atoms with Gasteiger partial charge in [0, 0.05) is 51.5 Å². The van der Waals surface area contributed by atoms with Crippen molar-refractivity contribution in [2.24, 2.45) is 0 Å². The van der Waals surface area contributed by atoms with E-state index in [1.807, 2.05) is 30.5 Å². The summed E-state index contributed by atoms with van der Waals surface area (Å²) in [6.07, 6.45) is 1.89. The largest absolute Gasteiger partial charge is 0.481 e. The summed E-state index contributed by atoms with van der Waals surface area (Å²) in [5.74, 6) is 0.658. The third-order valence-electron chi connectivity index (χ3n) is 4.56. The lowest BCUT2D eigenvalue weighted by Gasteiger charge is -2.35. The molecule has 5 heteroatoms. The van der Waals surface area contributed by atoms with Crippen molar-refractivity contribution in [1.82, 2.24) is 14.8 Å². The zero-order valence-electron chi connectivity index (χ0n) is 14.2. The molecule has 2 heterocycles. The molecule has 0 saturated carbocycles. The monoisotopic (exact) mass is 327 g/mol. The minimum absolute atomic E-state index is 0.112. The summed E-state index contributed by atoms with van der Waals surface area (Å²) in [7, 11) is 1.64. The molecule has 1 N–H and O–H groups in total. The Labute approximate surface area is 143 Å². The first-order chi connectivity index (χ1) is 11.8. The van der Waals surface area contributed by atoms with Crippen molar-refractivity contribution in [2.45, 2.75) is 19.7 Å². The molecule has 5 nitrogen and oxygen atoms in total. The molecule has 2 aromatic rings. The van der Waals surface area contributed by atoms with Crippen molar-refractivity contribution < 1.29 is 9.84 Å². The highest BCUT2D eigenvalue weighted by Gasteiger charge is 2.18. The van der Waals surface area contributed by atoms with Gasteiger partial charge >= 0.3 is 0 Å². The fraction of sp³-hybridized carbons (Fsp3) is 0.421. The van der Waals surface area contributed by atoms with Gasteiger partial charge < -0.3 is 9.84 Å². The molecular formula is C19H25N3O2. The van der Waals surface area contributed by atoms with Gasteiger partial charge in [-0.2, -0.15) is 0 Å². The maximum Gasteiger partial charge on any atom is 0.212 e. The second-order valence-corrected chi connectivity index (χ2v) is 6.19. The van der Waals surface area contributed by atoms with Crippen molar-refractivity contribution >= 4 is 0 Å². The Morgan fingerprint density at radius 1 is 0.958 bits per heavy atom. The summed E-state index contributed by atoms with van der Waals surface area (Å²) in [6.45, 7) is 6.14. The van der Waals surface area contributed by atoms with E-state index < -0.39 is 0 Å². The summed E-state index contributed by atoms with van der Waals surface area (Å²) in [4.78, 5) is 9.18. The van der Waals surface area contributed by atoms with Gasteiger partial charge in [0.25, 0.3) is 0 Å². The van der Waals surface area contributed by atoms with Crippen LogP contribution < -0.4 is 4.74 Å². The third-order valence-corrected chi connectivity index (χ3v) is 4.56.